The first-order chi connectivity index (χ1) is 7.63. The van der Waals surface area contributed by atoms with Crippen LogP contribution in [0.2, 0.25) is 0 Å². The molecule has 0 bridgehead atoms. The Morgan fingerprint density at radius 1 is 1.62 bits per heavy atom. The number of halogens is 1. The topological polar surface area (TPSA) is 47.6 Å². The maximum absolute atomic E-state index is 12.4. The summed E-state index contributed by atoms with van der Waals surface area (Å²) in [7, 11) is 0. The fourth-order valence-electron chi connectivity index (χ4n) is 1.18. The molecule has 92 valence electrons. The summed E-state index contributed by atoms with van der Waals surface area (Å²) in [5, 5.41) is 0. The van der Waals surface area contributed by atoms with Crippen LogP contribution < -0.4 is 5.73 Å². The first-order valence-corrected chi connectivity index (χ1v) is 5.49. The maximum atomic E-state index is 12.4. The zero-order valence-corrected chi connectivity index (χ0v) is 10.1. The number of ether oxygens (including phenoxy) is 1. The molecule has 0 aromatic carbocycles. The molecule has 0 aromatic heterocycles. The Labute approximate surface area is 96.9 Å². The second-order valence-corrected chi connectivity index (χ2v) is 3.59. The van der Waals surface area contributed by atoms with Gasteiger partial charge in [0.2, 0.25) is 5.90 Å². The monoisotopic (exact) mass is 228 g/mol. The fraction of sp³-hybridized carbons (Fsp3) is 0.583. The molecule has 0 aliphatic rings. The van der Waals surface area contributed by atoms with E-state index in [2.05, 4.69) is 18.5 Å². The summed E-state index contributed by atoms with van der Waals surface area (Å²) >= 11 is 0. The highest BCUT2D eigenvalue weighted by Crippen LogP contribution is 2.05. The van der Waals surface area contributed by atoms with Crippen molar-refractivity contribution < 1.29 is 9.13 Å². The van der Waals surface area contributed by atoms with Gasteiger partial charge >= 0.3 is 0 Å². The molecule has 0 fully saturated rings. The Bertz CT molecular complexity index is 258. The third-order valence-electron chi connectivity index (χ3n) is 2.04. The Morgan fingerprint density at radius 2 is 2.31 bits per heavy atom. The van der Waals surface area contributed by atoms with Crippen LogP contribution in [-0.2, 0) is 4.74 Å². The summed E-state index contributed by atoms with van der Waals surface area (Å²) in [5.41, 5.74) is 5.59. The predicted octanol–water partition coefficient (Wildman–Crippen LogP) is 2.79. The number of rotatable bonds is 7. The van der Waals surface area contributed by atoms with Crippen molar-refractivity contribution in [3.05, 3.63) is 24.7 Å². The molecule has 0 aromatic rings. The van der Waals surface area contributed by atoms with Gasteiger partial charge < -0.3 is 10.5 Å². The van der Waals surface area contributed by atoms with Gasteiger partial charge in [-0.05, 0) is 26.0 Å². The molecule has 2 N–H and O–H groups in total. The van der Waals surface area contributed by atoms with E-state index in [1.807, 2.05) is 0 Å². The normalized spacial score (nSPS) is 14.8. The first-order valence-electron chi connectivity index (χ1n) is 5.49. The molecule has 0 radical (unpaired) electrons. The van der Waals surface area contributed by atoms with Crippen molar-refractivity contribution in [3.63, 3.8) is 0 Å². The van der Waals surface area contributed by atoms with Gasteiger partial charge in [0.15, 0.2) is 0 Å². The van der Waals surface area contributed by atoms with Crippen LogP contribution in [0.15, 0.2) is 29.7 Å². The molecule has 0 amide bonds. The lowest BCUT2D eigenvalue weighted by molar-refractivity contribution is 0.234. The number of allylic oxidation sites excluding steroid dienone is 1. The summed E-state index contributed by atoms with van der Waals surface area (Å²) in [4.78, 5) is 3.81. The molecule has 0 unspecified atom stereocenters. The highest BCUT2D eigenvalue weighted by Gasteiger charge is 2.06. The highest BCUT2D eigenvalue weighted by molar-refractivity contribution is 5.87. The third kappa shape index (κ3) is 7.17. The molecule has 0 aliphatic carbocycles. The molecule has 0 saturated carbocycles. The van der Waals surface area contributed by atoms with Crippen LogP contribution in [0.1, 0.15) is 26.7 Å². The van der Waals surface area contributed by atoms with Gasteiger partial charge in [-0.3, -0.25) is 0 Å². The summed E-state index contributed by atoms with van der Waals surface area (Å²) < 4.78 is 17.8. The van der Waals surface area contributed by atoms with Gasteiger partial charge in [0.1, 0.15) is 5.83 Å². The largest absolute Gasteiger partial charge is 0.477 e. The van der Waals surface area contributed by atoms with Crippen LogP contribution in [0.5, 0.6) is 0 Å². The summed E-state index contributed by atoms with van der Waals surface area (Å²) in [6, 6.07) is 0. The van der Waals surface area contributed by atoms with Gasteiger partial charge in [-0.15, -0.1) is 0 Å². The van der Waals surface area contributed by atoms with E-state index in [1.165, 1.54) is 13.0 Å². The van der Waals surface area contributed by atoms with Crippen LogP contribution >= 0.6 is 0 Å². The lowest BCUT2D eigenvalue weighted by atomic mass is 10.1. The smallest absolute Gasteiger partial charge is 0.212 e. The van der Waals surface area contributed by atoms with E-state index in [4.69, 9.17) is 10.5 Å². The van der Waals surface area contributed by atoms with E-state index >= 15 is 0 Å². The summed E-state index contributed by atoms with van der Waals surface area (Å²) in [6.07, 6.45) is 4.64. The molecule has 4 heteroatoms. The molecular weight excluding hydrogens is 207 g/mol. The van der Waals surface area contributed by atoms with Crippen molar-refractivity contribution >= 4 is 5.90 Å². The van der Waals surface area contributed by atoms with Crippen LogP contribution in [-0.4, -0.2) is 19.0 Å². The van der Waals surface area contributed by atoms with Gasteiger partial charge in [-0.2, -0.15) is 0 Å². The van der Waals surface area contributed by atoms with E-state index in [0.29, 0.717) is 25.0 Å². The molecule has 0 rings (SSSR count). The number of hydrogen-bond acceptors (Lipinski definition) is 3. The predicted molar refractivity (Wildman–Crippen MR) is 65.9 cm³/mol. The minimum Gasteiger partial charge on any atom is -0.477 e. The van der Waals surface area contributed by atoms with Gasteiger partial charge in [0.05, 0.1) is 12.8 Å². The molecular formula is C12H21FN2O. The van der Waals surface area contributed by atoms with Crippen molar-refractivity contribution in [3.8, 4) is 0 Å². The van der Waals surface area contributed by atoms with Crippen molar-refractivity contribution in [2.24, 2.45) is 16.6 Å². The van der Waals surface area contributed by atoms with Crippen molar-refractivity contribution in [1.29, 1.82) is 0 Å². The second-order valence-electron chi connectivity index (χ2n) is 3.59. The number of nitrogens with zero attached hydrogens (tertiary/aromatic N) is 1. The Kier molecular flexibility index (Phi) is 8.43. The van der Waals surface area contributed by atoms with Crippen LogP contribution in [0.4, 0.5) is 4.39 Å². The Balaban J connectivity index is 4.18. The van der Waals surface area contributed by atoms with E-state index in [-0.39, 0.29) is 5.83 Å². The van der Waals surface area contributed by atoms with Gasteiger partial charge in [-0.25, -0.2) is 9.38 Å². The first kappa shape index (κ1) is 14.8. The molecule has 16 heavy (non-hydrogen) atoms. The minimum absolute atomic E-state index is 0.311. The quantitative estimate of drug-likeness (QED) is 0.538. The van der Waals surface area contributed by atoms with Crippen molar-refractivity contribution in [2.45, 2.75) is 26.7 Å². The third-order valence-corrected chi connectivity index (χ3v) is 2.04. The number of hydrogen-bond donors (Lipinski definition) is 1. The molecule has 0 spiro atoms. The molecule has 0 heterocycles. The fourth-order valence-corrected chi connectivity index (χ4v) is 1.18. The number of nitrogens with two attached hydrogens (primary N) is 1. The van der Waals surface area contributed by atoms with Crippen molar-refractivity contribution in [1.82, 2.24) is 0 Å². The zero-order valence-electron chi connectivity index (χ0n) is 10.1. The maximum Gasteiger partial charge on any atom is 0.212 e. The zero-order chi connectivity index (χ0) is 12.4. The Morgan fingerprint density at radius 3 is 2.75 bits per heavy atom. The van der Waals surface area contributed by atoms with Crippen LogP contribution in [0, 0.1) is 5.92 Å². The molecule has 0 aliphatic heterocycles. The molecule has 1 atom stereocenters. The van der Waals surface area contributed by atoms with Crippen LogP contribution in [0.25, 0.3) is 0 Å². The SMILES string of the molecule is C=CC(=N/C=C(\C)F)OC[C@@H](CN)CCC. The van der Waals surface area contributed by atoms with Gasteiger partial charge in [-0.1, -0.05) is 19.9 Å². The van der Waals surface area contributed by atoms with Gasteiger partial charge in [0, 0.05) is 5.92 Å². The molecule has 3 nitrogen and oxygen atoms in total. The molecule has 0 saturated heterocycles. The number of aliphatic imine (C=N–C) groups is 1. The van der Waals surface area contributed by atoms with E-state index in [1.54, 1.807) is 0 Å². The van der Waals surface area contributed by atoms with E-state index in [0.717, 1.165) is 19.0 Å². The summed E-state index contributed by atoms with van der Waals surface area (Å²) in [5.74, 6) is 0.268. The summed E-state index contributed by atoms with van der Waals surface area (Å²) in [6.45, 7) is 8.04. The van der Waals surface area contributed by atoms with E-state index < -0.39 is 0 Å². The Hall–Kier alpha value is -1.16. The average molecular weight is 228 g/mol. The minimum atomic E-state index is -0.369. The van der Waals surface area contributed by atoms with Crippen molar-refractivity contribution in [2.75, 3.05) is 13.2 Å². The standard InChI is InChI=1S/C12H21FN2O/c1-4-6-11(7-14)9-16-12(5-2)15-8-10(3)13/h5,8,11H,2,4,6-7,9,14H2,1,3H3/b10-8+,15-12?/t11-/m1/s1. The van der Waals surface area contributed by atoms with E-state index in [9.17, 15) is 4.39 Å². The lowest BCUT2D eigenvalue weighted by Crippen LogP contribution is -2.21. The average Bonchev–Trinajstić information content (AvgIpc) is 2.27. The van der Waals surface area contributed by atoms with Gasteiger partial charge in [0.25, 0.3) is 0 Å². The van der Waals surface area contributed by atoms with Crippen LogP contribution in [0.3, 0.4) is 0 Å². The highest BCUT2D eigenvalue weighted by atomic mass is 19.1. The lowest BCUT2D eigenvalue weighted by Gasteiger charge is -2.14. The second kappa shape index (κ2) is 9.09.